The number of alkyl halides is 3. The highest BCUT2D eigenvalue weighted by Gasteiger charge is 2.46. The lowest BCUT2D eigenvalue weighted by Crippen LogP contribution is -2.48. The summed E-state index contributed by atoms with van der Waals surface area (Å²) < 4.78 is 62.4. The first kappa shape index (κ1) is 16.5. The zero-order chi connectivity index (χ0) is 17.5. The highest BCUT2D eigenvalue weighted by Crippen LogP contribution is 2.33. The molecule has 1 aliphatic rings. The van der Waals surface area contributed by atoms with Crippen molar-refractivity contribution < 1.29 is 26.4 Å². The molecule has 2 aromatic rings. The van der Waals surface area contributed by atoms with Gasteiger partial charge in [-0.05, 0) is 17.5 Å². The van der Waals surface area contributed by atoms with Crippen LogP contribution < -0.4 is 4.90 Å². The molecule has 0 saturated carbocycles. The van der Waals surface area contributed by atoms with Gasteiger partial charge in [0, 0.05) is 10.8 Å². The number of amides is 1. The molecule has 0 spiro atoms. The smallest absolute Gasteiger partial charge is 0.296 e. The Morgan fingerprint density at radius 3 is 2.38 bits per heavy atom. The van der Waals surface area contributed by atoms with Crippen LogP contribution in [0.4, 0.5) is 18.9 Å². The molecule has 0 saturated heterocycles. The summed E-state index contributed by atoms with van der Waals surface area (Å²) in [7, 11) is -3.62. The van der Waals surface area contributed by atoms with Crippen molar-refractivity contribution in [3.05, 3.63) is 53.9 Å². The Morgan fingerprint density at radius 2 is 1.75 bits per heavy atom. The summed E-state index contributed by atoms with van der Waals surface area (Å²) in [6, 6.07) is 10.1. The largest absolute Gasteiger partial charge is 0.471 e. The monoisotopic (exact) mass is 355 g/mol. The lowest BCUT2D eigenvalue weighted by molar-refractivity contribution is -0.170. The fourth-order valence-corrected chi connectivity index (χ4v) is 3.98. The number of benzene rings is 2. The maximum absolute atomic E-state index is 13.1. The van der Waals surface area contributed by atoms with Gasteiger partial charge in [-0.2, -0.15) is 13.2 Å². The van der Waals surface area contributed by atoms with Crippen LogP contribution in [0.2, 0.25) is 0 Å². The molecule has 2 aromatic carbocycles. The summed E-state index contributed by atoms with van der Waals surface area (Å²) in [6.07, 6.45) is -4.00. The molecule has 1 unspecified atom stereocenters. The van der Waals surface area contributed by atoms with E-state index in [-0.39, 0.29) is 5.69 Å². The number of hydrogen-bond acceptors (Lipinski definition) is 3. The zero-order valence-corrected chi connectivity index (χ0v) is 13.0. The lowest BCUT2D eigenvalue weighted by atomic mass is 10.1. The lowest BCUT2D eigenvalue weighted by Gasteiger charge is -2.29. The average molecular weight is 355 g/mol. The van der Waals surface area contributed by atoms with Gasteiger partial charge in [0.2, 0.25) is 0 Å². The molecule has 24 heavy (non-hydrogen) atoms. The Hall–Kier alpha value is -2.35. The summed E-state index contributed by atoms with van der Waals surface area (Å²) in [5.74, 6) is -2.66. The van der Waals surface area contributed by atoms with Crippen molar-refractivity contribution in [3.8, 4) is 0 Å². The summed E-state index contributed by atoms with van der Waals surface area (Å²) >= 11 is 0. The first-order valence-electron chi connectivity index (χ1n) is 6.98. The fraction of sp³-hybridized carbons (Fsp3) is 0.188. The predicted molar refractivity (Wildman–Crippen MR) is 84.2 cm³/mol. The molecule has 0 aliphatic carbocycles. The summed E-state index contributed by atoms with van der Waals surface area (Å²) in [4.78, 5) is 12.5. The van der Waals surface area contributed by atoms with Gasteiger partial charge in [-0.3, -0.25) is 9.69 Å². The van der Waals surface area contributed by atoms with Crippen molar-refractivity contribution in [2.75, 3.05) is 10.7 Å². The molecular formula is C16H12F3NO3S. The molecule has 0 bridgehead atoms. The second-order valence-electron chi connectivity index (χ2n) is 5.40. The van der Waals surface area contributed by atoms with Crippen molar-refractivity contribution in [1.82, 2.24) is 0 Å². The third kappa shape index (κ3) is 3.01. The Kier molecular flexibility index (Phi) is 3.87. The van der Waals surface area contributed by atoms with Crippen LogP contribution in [-0.4, -0.2) is 32.3 Å². The highest BCUT2D eigenvalue weighted by atomic mass is 32.2. The minimum atomic E-state index is -5.11. The first-order chi connectivity index (χ1) is 11.2. The Bertz CT molecular complexity index is 930. The number of nitrogens with zero attached hydrogens (tertiary/aromatic N) is 1. The average Bonchev–Trinajstić information content (AvgIpc) is 2.86. The topological polar surface area (TPSA) is 54.5 Å². The van der Waals surface area contributed by atoms with Gasteiger partial charge in [0.05, 0.1) is 17.5 Å². The molecule has 0 radical (unpaired) electrons. The molecule has 0 fully saturated rings. The van der Waals surface area contributed by atoms with E-state index >= 15 is 0 Å². The van der Waals surface area contributed by atoms with Crippen molar-refractivity contribution in [1.29, 1.82) is 0 Å². The highest BCUT2D eigenvalue weighted by molar-refractivity contribution is 7.94. The van der Waals surface area contributed by atoms with Gasteiger partial charge in [0.25, 0.3) is 0 Å². The van der Waals surface area contributed by atoms with Gasteiger partial charge >= 0.3 is 12.1 Å². The Labute approximate surface area is 136 Å². The van der Waals surface area contributed by atoms with Gasteiger partial charge in [-0.1, -0.05) is 36.4 Å². The van der Waals surface area contributed by atoms with Crippen molar-refractivity contribution in [2.45, 2.75) is 12.2 Å². The molecule has 4 nitrogen and oxygen atoms in total. The van der Waals surface area contributed by atoms with Gasteiger partial charge in [0.15, 0.2) is 9.84 Å². The SMILES string of the molecule is O=C(N(c1cccc2ccccc12)C1C=CS(=O)(=O)C1)C(F)(F)F. The molecule has 1 amide bonds. The molecule has 126 valence electrons. The van der Waals surface area contributed by atoms with E-state index in [2.05, 4.69) is 0 Å². The van der Waals surface area contributed by atoms with Crippen LogP contribution >= 0.6 is 0 Å². The van der Waals surface area contributed by atoms with Crippen molar-refractivity contribution in [2.24, 2.45) is 0 Å². The van der Waals surface area contributed by atoms with E-state index in [4.69, 9.17) is 0 Å². The van der Waals surface area contributed by atoms with Gasteiger partial charge in [0.1, 0.15) is 0 Å². The van der Waals surface area contributed by atoms with E-state index < -0.39 is 33.7 Å². The van der Waals surface area contributed by atoms with Gasteiger partial charge in [-0.15, -0.1) is 0 Å². The molecule has 3 rings (SSSR count). The number of carbonyl (C=O) groups is 1. The standard InChI is InChI=1S/C16H12F3NO3S/c17-16(18,19)15(21)20(12-8-9-24(22,23)10-12)14-7-3-5-11-4-1-2-6-13(11)14/h1-9,12H,10H2. The molecular weight excluding hydrogens is 343 g/mol. The molecule has 0 aromatic heterocycles. The van der Waals surface area contributed by atoms with Crippen LogP contribution in [0.5, 0.6) is 0 Å². The maximum atomic E-state index is 13.1. The Morgan fingerprint density at radius 1 is 1.08 bits per heavy atom. The van der Waals surface area contributed by atoms with E-state index in [0.717, 1.165) is 11.5 Å². The molecule has 1 heterocycles. The van der Waals surface area contributed by atoms with Crippen LogP contribution in [0.3, 0.4) is 0 Å². The van der Waals surface area contributed by atoms with E-state index in [0.29, 0.717) is 15.7 Å². The minimum absolute atomic E-state index is 0.0298. The predicted octanol–water partition coefficient (Wildman–Crippen LogP) is 3.05. The van der Waals surface area contributed by atoms with Crippen LogP contribution in [0.1, 0.15) is 0 Å². The fourth-order valence-electron chi connectivity index (χ4n) is 2.71. The second kappa shape index (κ2) is 5.62. The van der Waals surface area contributed by atoms with E-state index in [1.54, 1.807) is 30.3 Å². The van der Waals surface area contributed by atoms with E-state index in [1.165, 1.54) is 12.1 Å². The molecule has 1 atom stereocenters. The quantitative estimate of drug-likeness (QED) is 0.832. The van der Waals surface area contributed by atoms with Gasteiger partial charge < -0.3 is 0 Å². The van der Waals surface area contributed by atoms with Crippen molar-refractivity contribution in [3.63, 3.8) is 0 Å². The number of anilines is 1. The molecule has 0 N–H and O–H groups in total. The number of carbonyl (C=O) groups excluding carboxylic acids is 1. The van der Waals surface area contributed by atoms with Crippen molar-refractivity contribution >= 4 is 32.2 Å². The van der Waals surface area contributed by atoms with Crippen LogP contribution in [-0.2, 0) is 14.6 Å². The van der Waals surface area contributed by atoms with Crippen LogP contribution in [0.25, 0.3) is 10.8 Å². The number of fused-ring (bicyclic) bond motifs is 1. The first-order valence-corrected chi connectivity index (χ1v) is 8.70. The molecule has 8 heteroatoms. The van der Waals surface area contributed by atoms with Gasteiger partial charge in [-0.25, -0.2) is 8.42 Å². The van der Waals surface area contributed by atoms with Crippen LogP contribution in [0.15, 0.2) is 53.9 Å². The summed E-state index contributed by atoms with van der Waals surface area (Å²) in [5.41, 5.74) is 0.0298. The zero-order valence-electron chi connectivity index (χ0n) is 12.2. The number of hydrogen-bond donors (Lipinski definition) is 0. The van der Waals surface area contributed by atoms with E-state index in [1.807, 2.05) is 0 Å². The summed E-state index contributed by atoms with van der Waals surface area (Å²) in [6.45, 7) is 0. The normalized spacial score (nSPS) is 19.5. The molecule has 1 aliphatic heterocycles. The maximum Gasteiger partial charge on any atom is 0.471 e. The summed E-state index contributed by atoms with van der Waals surface area (Å²) in [5, 5.41) is 1.94. The van der Waals surface area contributed by atoms with Crippen LogP contribution in [0, 0.1) is 0 Å². The van der Waals surface area contributed by atoms with E-state index in [9.17, 15) is 26.4 Å². The number of rotatable bonds is 2. The third-order valence-corrected chi connectivity index (χ3v) is 5.11. The third-order valence-electron chi connectivity index (χ3n) is 3.73. The minimum Gasteiger partial charge on any atom is -0.296 e. The Balaban J connectivity index is 2.18. The number of halogens is 3. The second-order valence-corrected chi connectivity index (χ2v) is 7.33. The number of sulfone groups is 1.